The number of hydrogen-bond acceptors (Lipinski definition) is 4. The van der Waals surface area contributed by atoms with Crippen LogP contribution in [0, 0.1) is 6.92 Å². The first-order chi connectivity index (χ1) is 10.2. The Balaban J connectivity index is 1.63. The highest BCUT2D eigenvalue weighted by Crippen LogP contribution is 2.25. The van der Waals surface area contributed by atoms with E-state index in [1.165, 1.54) is 0 Å². The first-order valence-corrected chi connectivity index (χ1v) is 7.94. The van der Waals surface area contributed by atoms with E-state index in [9.17, 15) is 4.79 Å². The summed E-state index contributed by atoms with van der Waals surface area (Å²) < 4.78 is 0. The molecule has 2 aliphatic heterocycles. The van der Waals surface area contributed by atoms with E-state index >= 15 is 0 Å². The zero-order valence-electron chi connectivity index (χ0n) is 12.6. The second kappa shape index (κ2) is 6.54. The van der Waals surface area contributed by atoms with Crippen molar-refractivity contribution >= 4 is 11.6 Å². The van der Waals surface area contributed by atoms with Crippen LogP contribution in [0.2, 0.25) is 0 Å². The first-order valence-electron chi connectivity index (χ1n) is 7.94. The molecule has 2 N–H and O–H groups in total. The van der Waals surface area contributed by atoms with Crippen LogP contribution in [0.1, 0.15) is 31.4 Å². The van der Waals surface area contributed by atoms with Crippen molar-refractivity contribution < 1.29 is 4.79 Å². The number of nitrogens with zero attached hydrogens (tertiary/aromatic N) is 2. The summed E-state index contributed by atoms with van der Waals surface area (Å²) in [7, 11) is 0. The molecule has 1 unspecified atom stereocenters. The van der Waals surface area contributed by atoms with Crippen LogP contribution in [0.25, 0.3) is 0 Å². The number of piperidine rings is 1. The molecule has 1 aromatic rings. The summed E-state index contributed by atoms with van der Waals surface area (Å²) in [5.74, 6) is 0.122. The van der Waals surface area contributed by atoms with Crippen LogP contribution in [0.15, 0.2) is 18.3 Å². The lowest BCUT2D eigenvalue weighted by Crippen LogP contribution is -2.49. The van der Waals surface area contributed by atoms with Crippen molar-refractivity contribution in [1.82, 2.24) is 15.2 Å². The molecule has 0 bridgehead atoms. The van der Waals surface area contributed by atoms with Crippen LogP contribution >= 0.6 is 0 Å². The Morgan fingerprint density at radius 1 is 1.33 bits per heavy atom. The van der Waals surface area contributed by atoms with E-state index in [1.807, 2.05) is 19.1 Å². The Morgan fingerprint density at radius 3 is 2.86 bits per heavy atom. The third-order valence-electron chi connectivity index (χ3n) is 4.55. The number of aryl methyl sites for hydroxylation is 1. The van der Waals surface area contributed by atoms with Crippen LogP contribution in [-0.4, -0.2) is 47.5 Å². The lowest BCUT2D eigenvalue weighted by Gasteiger charge is -2.35. The maximum absolute atomic E-state index is 12.6. The minimum absolute atomic E-state index is 0.0226. The molecule has 3 rings (SSSR count). The Bertz CT molecular complexity index is 482. The van der Waals surface area contributed by atoms with Crippen LogP contribution in [0.4, 0.5) is 5.69 Å². The number of anilines is 1. The fraction of sp³-hybridized carbons (Fsp3) is 0.625. The van der Waals surface area contributed by atoms with Gasteiger partial charge in [-0.15, -0.1) is 0 Å². The first kappa shape index (κ1) is 14.5. The normalized spacial score (nSPS) is 24.1. The predicted octanol–water partition coefficient (Wildman–Crippen LogP) is 1.54. The van der Waals surface area contributed by atoms with E-state index in [4.69, 9.17) is 0 Å². The molecule has 2 saturated heterocycles. The van der Waals surface area contributed by atoms with Gasteiger partial charge in [0, 0.05) is 11.7 Å². The molecule has 3 heterocycles. The highest BCUT2D eigenvalue weighted by atomic mass is 16.2. The van der Waals surface area contributed by atoms with E-state index in [0.29, 0.717) is 6.04 Å². The minimum Gasteiger partial charge on any atom is -0.323 e. The Hall–Kier alpha value is -1.46. The number of likely N-dealkylation sites (tertiary alicyclic amines) is 1. The van der Waals surface area contributed by atoms with E-state index in [1.54, 1.807) is 6.20 Å². The lowest BCUT2D eigenvalue weighted by molar-refractivity contribution is -0.121. The zero-order valence-corrected chi connectivity index (χ0v) is 12.6. The average Bonchev–Trinajstić information content (AvgIpc) is 3.00. The highest BCUT2D eigenvalue weighted by molar-refractivity contribution is 5.94. The maximum Gasteiger partial charge on any atom is 0.241 e. The summed E-state index contributed by atoms with van der Waals surface area (Å²) in [5, 5.41) is 6.41. The van der Waals surface area contributed by atoms with Crippen molar-refractivity contribution in [2.75, 3.05) is 25.0 Å². The van der Waals surface area contributed by atoms with Crippen molar-refractivity contribution in [3.05, 3.63) is 24.0 Å². The maximum atomic E-state index is 12.6. The van der Waals surface area contributed by atoms with Crippen LogP contribution < -0.4 is 10.6 Å². The monoisotopic (exact) mass is 288 g/mol. The third kappa shape index (κ3) is 3.41. The van der Waals surface area contributed by atoms with Crippen molar-refractivity contribution in [3.8, 4) is 0 Å². The molecule has 0 radical (unpaired) electrons. The molecule has 0 spiro atoms. The van der Waals surface area contributed by atoms with Crippen molar-refractivity contribution in [2.45, 2.75) is 44.7 Å². The van der Waals surface area contributed by atoms with Crippen molar-refractivity contribution in [3.63, 3.8) is 0 Å². The fourth-order valence-corrected chi connectivity index (χ4v) is 3.41. The van der Waals surface area contributed by atoms with Gasteiger partial charge in [-0.05, 0) is 64.4 Å². The minimum atomic E-state index is 0.0226. The molecule has 2 fully saturated rings. The molecule has 0 saturated carbocycles. The van der Waals surface area contributed by atoms with Gasteiger partial charge in [-0.1, -0.05) is 0 Å². The fourth-order valence-electron chi connectivity index (χ4n) is 3.41. The second-order valence-electron chi connectivity index (χ2n) is 6.05. The van der Waals surface area contributed by atoms with E-state index in [2.05, 4.69) is 20.5 Å². The van der Waals surface area contributed by atoms with Gasteiger partial charge in [0.25, 0.3) is 0 Å². The summed E-state index contributed by atoms with van der Waals surface area (Å²) in [6.07, 6.45) is 6.12. The number of carbonyl (C=O) groups is 1. The molecule has 21 heavy (non-hydrogen) atoms. The van der Waals surface area contributed by atoms with E-state index in [-0.39, 0.29) is 11.9 Å². The molecule has 1 amide bonds. The molecular weight excluding hydrogens is 264 g/mol. The van der Waals surface area contributed by atoms with Crippen molar-refractivity contribution in [2.24, 2.45) is 0 Å². The third-order valence-corrected chi connectivity index (χ3v) is 4.55. The van der Waals surface area contributed by atoms with Gasteiger partial charge in [0.15, 0.2) is 0 Å². The van der Waals surface area contributed by atoms with Gasteiger partial charge >= 0.3 is 0 Å². The number of pyridine rings is 1. The number of aromatic nitrogens is 1. The number of rotatable bonds is 3. The highest BCUT2D eigenvalue weighted by Gasteiger charge is 2.35. The van der Waals surface area contributed by atoms with E-state index < -0.39 is 0 Å². The Kier molecular flexibility index (Phi) is 4.51. The number of nitrogens with one attached hydrogen (secondary N) is 2. The summed E-state index contributed by atoms with van der Waals surface area (Å²) in [5.41, 5.74) is 1.76. The molecule has 1 atom stereocenters. The second-order valence-corrected chi connectivity index (χ2v) is 6.05. The molecule has 2 aliphatic rings. The van der Waals surface area contributed by atoms with Gasteiger partial charge in [-0.25, -0.2) is 0 Å². The molecule has 0 aromatic carbocycles. The molecule has 5 heteroatoms. The van der Waals surface area contributed by atoms with Gasteiger partial charge in [0.2, 0.25) is 5.91 Å². The molecule has 1 aromatic heterocycles. The van der Waals surface area contributed by atoms with Crippen LogP contribution in [-0.2, 0) is 4.79 Å². The predicted molar refractivity (Wildman–Crippen MR) is 83.2 cm³/mol. The van der Waals surface area contributed by atoms with Gasteiger partial charge in [-0.3, -0.25) is 14.7 Å². The molecule has 114 valence electrons. The van der Waals surface area contributed by atoms with E-state index in [0.717, 1.165) is 56.7 Å². The van der Waals surface area contributed by atoms with Gasteiger partial charge < -0.3 is 10.6 Å². The van der Waals surface area contributed by atoms with Gasteiger partial charge in [0.05, 0.1) is 17.9 Å². The summed E-state index contributed by atoms with van der Waals surface area (Å²) >= 11 is 0. The summed E-state index contributed by atoms with van der Waals surface area (Å²) in [6, 6.07) is 4.42. The Morgan fingerprint density at radius 2 is 2.14 bits per heavy atom. The molecular formula is C16H24N4O. The van der Waals surface area contributed by atoms with Crippen molar-refractivity contribution in [1.29, 1.82) is 0 Å². The van der Waals surface area contributed by atoms with Crippen LogP contribution in [0.3, 0.4) is 0 Å². The Labute approximate surface area is 126 Å². The van der Waals surface area contributed by atoms with Gasteiger partial charge in [0.1, 0.15) is 0 Å². The number of carbonyl (C=O) groups excluding carboxylic acids is 1. The smallest absolute Gasteiger partial charge is 0.241 e. The lowest BCUT2D eigenvalue weighted by atomic mass is 10.0. The van der Waals surface area contributed by atoms with Crippen LogP contribution in [0.5, 0.6) is 0 Å². The zero-order chi connectivity index (χ0) is 14.7. The molecule has 5 nitrogen and oxygen atoms in total. The summed E-state index contributed by atoms with van der Waals surface area (Å²) in [4.78, 5) is 19.2. The topological polar surface area (TPSA) is 57.3 Å². The average molecular weight is 288 g/mol. The number of amides is 1. The largest absolute Gasteiger partial charge is 0.323 e. The standard InChI is InChI=1S/C16H24N4O/c1-12-4-5-13(11-18-12)19-16(21)15-3-2-10-20(15)14-6-8-17-9-7-14/h4-5,11,14-15,17H,2-3,6-10H2,1H3,(H,19,21). The van der Waals surface area contributed by atoms with Gasteiger partial charge in [-0.2, -0.15) is 0 Å². The molecule has 0 aliphatic carbocycles. The number of hydrogen-bond donors (Lipinski definition) is 2. The summed E-state index contributed by atoms with van der Waals surface area (Å²) in [6.45, 7) is 5.13. The quantitative estimate of drug-likeness (QED) is 0.886. The SMILES string of the molecule is Cc1ccc(NC(=O)C2CCCN2C2CCNCC2)cn1.